The molecule has 0 saturated heterocycles. The van der Waals surface area contributed by atoms with E-state index in [2.05, 4.69) is 36.3 Å². The summed E-state index contributed by atoms with van der Waals surface area (Å²) in [6, 6.07) is 4.95. The van der Waals surface area contributed by atoms with Crippen molar-refractivity contribution in [3.8, 4) is 0 Å². The maximum atomic E-state index is 4.33. The molecule has 0 spiro atoms. The fourth-order valence-electron chi connectivity index (χ4n) is 1.97. The lowest BCUT2D eigenvalue weighted by atomic mass is 10.0. The molecule has 1 heterocycles. The first-order valence-electron chi connectivity index (χ1n) is 6.41. The maximum absolute atomic E-state index is 4.33. The van der Waals surface area contributed by atoms with Gasteiger partial charge < -0.3 is 5.32 Å². The number of nitrogens with zero attached hydrogens (tertiary/aromatic N) is 1. The quantitative estimate of drug-likeness (QED) is 0.763. The first kappa shape index (κ1) is 13.2. The molecular formula is C14H24N2. The van der Waals surface area contributed by atoms with Gasteiger partial charge in [0.1, 0.15) is 0 Å². The van der Waals surface area contributed by atoms with Crippen LogP contribution in [0.2, 0.25) is 0 Å². The third-order valence-electron chi connectivity index (χ3n) is 2.88. The van der Waals surface area contributed by atoms with E-state index in [-0.39, 0.29) is 0 Å². The van der Waals surface area contributed by atoms with E-state index in [0.717, 1.165) is 18.7 Å². The summed E-state index contributed by atoms with van der Waals surface area (Å²) >= 11 is 0. The van der Waals surface area contributed by atoms with E-state index in [1.165, 1.54) is 24.8 Å². The average molecular weight is 220 g/mol. The van der Waals surface area contributed by atoms with Crippen LogP contribution >= 0.6 is 0 Å². The molecule has 0 saturated carbocycles. The van der Waals surface area contributed by atoms with Crippen LogP contribution in [0, 0.1) is 6.92 Å². The first-order chi connectivity index (χ1) is 7.76. The monoisotopic (exact) mass is 220 g/mol. The standard InChI is InChI=1S/C14H24N2/c1-4-6-14(15-5-2)10-9-13-8-7-12(3)16-11-13/h7-8,11,14-15H,4-6,9-10H2,1-3H3. The lowest BCUT2D eigenvalue weighted by Crippen LogP contribution is -2.29. The van der Waals surface area contributed by atoms with Crippen molar-refractivity contribution >= 4 is 0 Å². The van der Waals surface area contributed by atoms with Crippen LogP contribution in [0.1, 0.15) is 44.4 Å². The molecular weight excluding hydrogens is 196 g/mol. The Labute approximate surface area is 99.5 Å². The minimum absolute atomic E-state index is 0.663. The van der Waals surface area contributed by atoms with Gasteiger partial charge >= 0.3 is 0 Å². The van der Waals surface area contributed by atoms with Gasteiger partial charge in [0, 0.05) is 17.9 Å². The molecule has 0 radical (unpaired) electrons. The lowest BCUT2D eigenvalue weighted by molar-refractivity contribution is 0.459. The summed E-state index contributed by atoms with van der Waals surface area (Å²) in [4.78, 5) is 4.33. The van der Waals surface area contributed by atoms with Crippen molar-refractivity contribution in [3.05, 3.63) is 29.6 Å². The Balaban J connectivity index is 2.38. The third kappa shape index (κ3) is 4.75. The van der Waals surface area contributed by atoms with Gasteiger partial charge in [-0.05, 0) is 44.4 Å². The van der Waals surface area contributed by atoms with E-state index in [4.69, 9.17) is 0 Å². The molecule has 1 atom stereocenters. The zero-order valence-electron chi connectivity index (χ0n) is 10.8. The van der Waals surface area contributed by atoms with Gasteiger partial charge in [0.25, 0.3) is 0 Å². The molecule has 16 heavy (non-hydrogen) atoms. The van der Waals surface area contributed by atoms with E-state index in [0.29, 0.717) is 6.04 Å². The lowest BCUT2D eigenvalue weighted by Gasteiger charge is -2.16. The predicted molar refractivity (Wildman–Crippen MR) is 69.7 cm³/mol. The van der Waals surface area contributed by atoms with Crippen LogP contribution in [0.15, 0.2) is 18.3 Å². The second-order valence-corrected chi connectivity index (χ2v) is 4.39. The second kappa shape index (κ2) is 7.39. The van der Waals surface area contributed by atoms with Crippen molar-refractivity contribution in [3.63, 3.8) is 0 Å². The number of aromatic nitrogens is 1. The van der Waals surface area contributed by atoms with Crippen molar-refractivity contribution in [1.82, 2.24) is 10.3 Å². The number of nitrogens with one attached hydrogen (secondary N) is 1. The van der Waals surface area contributed by atoms with Crippen LogP contribution in [0.3, 0.4) is 0 Å². The molecule has 1 unspecified atom stereocenters. The molecule has 0 amide bonds. The Morgan fingerprint density at radius 1 is 1.25 bits per heavy atom. The fraction of sp³-hybridized carbons (Fsp3) is 0.643. The molecule has 0 aliphatic rings. The van der Waals surface area contributed by atoms with Crippen molar-refractivity contribution < 1.29 is 0 Å². The minimum Gasteiger partial charge on any atom is -0.314 e. The van der Waals surface area contributed by atoms with E-state index in [1.807, 2.05) is 13.1 Å². The SMILES string of the molecule is CCCC(CCc1ccc(C)nc1)NCC. The number of pyridine rings is 1. The van der Waals surface area contributed by atoms with Gasteiger partial charge in [0.2, 0.25) is 0 Å². The Morgan fingerprint density at radius 2 is 2.06 bits per heavy atom. The normalized spacial score (nSPS) is 12.7. The Morgan fingerprint density at radius 3 is 2.62 bits per heavy atom. The third-order valence-corrected chi connectivity index (χ3v) is 2.88. The van der Waals surface area contributed by atoms with Crippen LogP contribution in [0.4, 0.5) is 0 Å². The summed E-state index contributed by atoms with van der Waals surface area (Å²) < 4.78 is 0. The smallest absolute Gasteiger partial charge is 0.0372 e. The first-order valence-corrected chi connectivity index (χ1v) is 6.41. The van der Waals surface area contributed by atoms with Crippen molar-refractivity contribution in [2.45, 2.75) is 52.5 Å². The van der Waals surface area contributed by atoms with Crippen molar-refractivity contribution in [2.24, 2.45) is 0 Å². The summed E-state index contributed by atoms with van der Waals surface area (Å²) in [6.07, 6.45) is 6.87. The highest BCUT2D eigenvalue weighted by atomic mass is 14.9. The number of rotatable bonds is 7. The van der Waals surface area contributed by atoms with Gasteiger partial charge in [-0.3, -0.25) is 4.98 Å². The molecule has 0 bridgehead atoms. The summed E-state index contributed by atoms with van der Waals surface area (Å²) in [5.74, 6) is 0. The van der Waals surface area contributed by atoms with Gasteiger partial charge in [-0.2, -0.15) is 0 Å². The average Bonchev–Trinajstić information content (AvgIpc) is 2.29. The molecule has 0 aliphatic heterocycles. The van der Waals surface area contributed by atoms with E-state index in [1.54, 1.807) is 0 Å². The fourth-order valence-corrected chi connectivity index (χ4v) is 1.97. The predicted octanol–water partition coefficient (Wildman–Crippen LogP) is 3.10. The summed E-state index contributed by atoms with van der Waals surface area (Å²) in [7, 11) is 0. The number of hydrogen-bond donors (Lipinski definition) is 1. The topological polar surface area (TPSA) is 24.9 Å². The zero-order chi connectivity index (χ0) is 11.8. The highest BCUT2D eigenvalue weighted by molar-refractivity contribution is 5.13. The molecule has 1 N–H and O–H groups in total. The molecule has 1 rings (SSSR count). The van der Waals surface area contributed by atoms with E-state index < -0.39 is 0 Å². The Kier molecular flexibility index (Phi) is 6.09. The maximum Gasteiger partial charge on any atom is 0.0372 e. The van der Waals surface area contributed by atoms with Crippen LogP contribution < -0.4 is 5.32 Å². The van der Waals surface area contributed by atoms with Gasteiger partial charge in [0.15, 0.2) is 0 Å². The van der Waals surface area contributed by atoms with Gasteiger partial charge in [0.05, 0.1) is 0 Å². The summed E-state index contributed by atoms with van der Waals surface area (Å²) in [5, 5.41) is 3.54. The molecule has 2 nitrogen and oxygen atoms in total. The van der Waals surface area contributed by atoms with Crippen molar-refractivity contribution in [2.75, 3.05) is 6.54 Å². The Bertz CT molecular complexity index is 273. The number of aryl methyl sites for hydroxylation is 2. The van der Waals surface area contributed by atoms with Crippen LogP contribution in [0.5, 0.6) is 0 Å². The minimum atomic E-state index is 0.663. The Hall–Kier alpha value is -0.890. The second-order valence-electron chi connectivity index (χ2n) is 4.39. The molecule has 0 aromatic carbocycles. The highest BCUT2D eigenvalue weighted by Crippen LogP contribution is 2.08. The number of hydrogen-bond acceptors (Lipinski definition) is 2. The largest absolute Gasteiger partial charge is 0.314 e. The van der Waals surface area contributed by atoms with Crippen LogP contribution in [-0.4, -0.2) is 17.6 Å². The zero-order valence-corrected chi connectivity index (χ0v) is 10.8. The van der Waals surface area contributed by atoms with E-state index >= 15 is 0 Å². The van der Waals surface area contributed by atoms with Gasteiger partial charge in [-0.15, -0.1) is 0 Å². The highest BCUT2D eigenvalue weighted by Gasteiger charge is 2.06. The molecule has 90 valence electrons. The molecule has 1 aromatic heterocycles. The van der Waals surface area contributed by atoms with Crippen LogP contribution in [-0.2, 0) is 6.42 Å². The van der Waals surface area contributed by atoms with Gasteiger partial charge in [-0.25, -0.2) is 0 Å². The summed E-state index contributed by atoms with van der Waals surface area (Å²) in [6.45, 7) is 7.52. The molecule has 1 aromatic rings. The molecule has 0 fully saturated rings. The summed E-state index contributed by atoms with van der Waals surface area (Å²) in [5.41, 5.74) is 2.45. The van der Waals surface area contributed by atoms with Gasteiger partial charge in [-0.1, -0.05) is 26.3 Å². The van der Waals surface area contributed by atoms with Crippen LogP contribution in [0.25, 0.3) is 0 Å². The van der Waals surface area contributed by atoms with Crippen molar-refractivity contribution in [1.29, 1.82) is 0 Å². The molecule has 2 heteroatoms. The van der Waals surface area contributed by atoms with E-state index in [9.17, 15) is 0 Å². The molecule has 0 aliphatic carbocycles.